The van der Waals surface area contributed by atoms with Gasteiger partial charge in [0.15, 0.2) is 12.1 Å². The minimum absolute atomic E-state index is 0.0481. The predicted molar refractivity (Wildman–Crippen MR) is 245 cm³/mol. The molecule has 66 heavy (non-hydrogen) atoms. The number of aliphatic hydroxyl groups is 10. The number of carbonyl (C=O) groups excluding carboxylic acids is 2. The highest BCUT2D eigenvalue weighted by atomic mass is 16.7. The van der Waals surface area contributed by atoms with Gasteiger partial charge in [0.2, 0.25) is 0 Å². The van der Waals surface area contributed by atoms with Gasteiger partial charge in [0.25, 0.3) is 0 Å². The van der Waals surface area contributed by atoms with Crippen LogP contribution in [0.2, 0.25) is 0 Å². The van der Waals surface area contributed by atoms with Crippen LogP contribution in [0, 0.1) is 11.8 Å². The highest BCUT2D eigenvalue weighted by molar-refractivity contribution is 5.72. The number of allylic oxidation sites excluding steroid dienone is 11. The van der Waals surface area contributed by atoms with Crippen LogP contribution in [0.4, 0.5) is 4.79 Å². The average Bonchev–Trinajstić information content (AvgIpc) is 3.22. The number of hydrogen-bond donors (Lipinski definition) is 13. The van der Waals surface area contributed by atoms with Crippen LogP contribution < -0.4 is 16.8 Å². The number of ether oxygens (including phenoxy) is 4. The molecule has 0 saturated carbocycles. The first-order chi connectivity index (χ1) is 31.0. The lowest BCUT2D eigenvalue weighted by atomic mass is 9.87. The Hall–Kier alpha value is -3.38. The molecule has 19 nitrogen and oxygen atoms in total. The number of nitrogens with two attached hydrogens (primary N) is 2. The molecule has 2 saturated heterocycles. The molecular formula is C47H79N3O16. The Morgan fingerprint density at radius 2 is 1.41 bits per heavy atom. The zero-order valence-electron chi connectivity index (χ0n) is 39.1. The molecule has 2 aliphatic rings. The Balaban J connectivity index is 2.11. The van der Waals surface area contributed by atoms with Crippen molar-refractivity contribution in [1.82, 2.24) is 5.32 Å². The number of carbonyl (C=O) groups is 2. The smallest absolute Gasteiger partial charge is 0.312 e. The molecule has 0 aromatic rings. The van der Waals surface area contributed by atoms with E-state index < -0.39 is 141 Å². The van der Waals surface area contributed by atoms with Crippen LogP contribution in [0.3, 0.4) is 0 Å². The van der Waals surface area contributed by atoms with Gasteiger partial charge in [-0.25, -0.2) is 4.79 Å². The van der Waals surface area contributed by atoms with Crippen LogP contribution in [0.5, 0.6) is 0 Å². The Kier molecular flexibility index (Phi) is 26.3. The lowest BCUT2D eigenvalue weighted by molar-refractivity contribution is -0.302. The minimum atomic E-state index is -2.25. The van der Waals surface area contributed by atoms with Gasteiger partial charge in [0, 0.05) is 31.6 Å². The average molecular weight is 942 g/mol. The molecule has 2 heterocycles. The summed E-state index contributed by atoms with van der Waals surface area (Å²) in [4.78, 5) is 24.5. The fourth-order valence-corrected chi connectivity index (χ4v) is 7.76. The van der Waals surface area contributed by atoms with Crippen molar-refractivity contribution in [3.05, 3.63) is 72.9 Å². The van der Waals surface area contributed by atoms with Crippen molar-refractivity contribution < 1.29 is 79.6 Å². The van der Waals surface area contributed by atoms with Crippen molar-refractivity contribution in [2.45, 2.75) is 196 Å². The second kappa shape index (κ2) is 29.5. The molecule has 0 aromatic carbocycles. The van der Waals surface area contributed by atoms with Crippen molar-refractivity contribution in [1.29, 1.82) is 0 Å². The Morgan fingerprint density at radius 1 is 0.818 bits per heavy atom. The monoisotopic (exact) mass is 942 g/mol. The molecule has 2 rings (SSSR count). The lowest BCUT2D eigenvalue weighted by Crippen LogP contribution is -2.63. The van der Waals surface area contributed by atoms with E-state index in [9.17, 15) is 60.7 Å². The maximum Gasteiger partial charge on any atom is 0.312 e. The summed E-state index contributed by atoms with van der Waals surface area (Å²) >= 11 is 0. The molecule has 0 spiro atoms. The summed E-state index contributed by atoms with van der Waals surface area (Å²) in [6.07, 6.45) is 1.90. The number of nitrogens with one attached hydrogen (secondary N) is 1. The van der Waals surface area contributed by atoms with Gasteiger partial charge in [-0.2, -0.15) is 0 Å². The molecule has 2 fully saturated rings. The Labute approximate surface area is 388 Å². The van der Waals surface area contributed by atoms with E-state index in [1.165, 1.54) is 0 Å². The minimum Gasteiger partial charge on any atom is -0.462 e. The van der Waals surface area contributed by atoms with Crippen LogP contribution in [0.15, 0.2) is 72.9 Å². The number of aliphatic hydroxyl groups excluding tert-OH is 9. The molecule has 15 N–H and O–H groups in total. The molecule has 0 bridgehead atoms. The van der Waals surface area contributed by atoms with E-state index in [0.29, 0.717) is 0 Å². The SMILES string of the molecule is C/C=C/C=C/C=C/C=C/C=C/C=C/[C@@H](C[C@@H]1O[C@](O)(C[C@@H](O)C[C@@H](O)[C@H](O)CC[C@@H](O)C[C@@H](O)CC(=O)O[C@@H](C)[C@H](C)[C@H](O)C(C)C)C[C@H](O)[C@H]1NC(N)=O)O[C@@H]1O[C@H](C)[C@@H](O)[C@H](N)[C@@H]1O. The van der Waals surface area contributed by atoms with E-state index in [2.05, 4.69) is 5.32 Å². The molecule has 2 amide bonds. The van der Waals surface area contributed by atoms with Gasteiger partial charge in [-0.1, -0.05) is 93.7 Å². The van der Waals surface area contributed by atoms with Gasteiger partial charge in [-0.05, 0) is 46.0 Å². The van der Waals surface area contributed by atoms with Crippen molar-refractivity contribution in [2.75, 3.05) is 0 Å². The molecule has 19 heteroatoms. The third-order valence-electron chi connectivity index (χ3n) is 11.7. The first kappa shape index (κ1) is 58.7. The highest BCUT2D eigenvalue weighted by Crippen LogP contribution is 2.35. The van der Waals surface area contributed by atoms with Crippen LogP contribution >= 0.6 is 0 Å². The van der Waals surface area contributed by atoms with E-state index in [4.69, 9.17) is 30.4 Å². The van der Waals surface area contributed by atoms with Crippen molar-refractivity contribution in [3.63, 3.8) is 0 Å². The fourth-order valence-electron chi connectivity index (χ4n) is 7.76. The quantitative estimate of drug-likeness (QED) is 0.0394. The highest BCUT2D eigenvalue weighted by Gasteiger charge is 2.49. The standard InChI is InChI=1S/C47H79N3O16/c1-7-8-9-10-11-12-13-14-15-16-17-18-34(65-45-44(60)40(48)43(59)30(6)64-45)24-38-41(50-46(49)61)37(56)26-47(62,66-38)25-33(53)22-36(55)35(54)20-19-31(51)21-32(52)23-39(57)63-29(5)28(4)42(58)27(2)3/h7-18,27-38,40-45,51-56,58-60,62H,19-26,48H2,1-6H3,(H3,49,50,61)/b8-7+,10-9+,12-11+,14-13+,16-15+,18-17+/t28-,29-,30+,31+,32+,33-,34-,35+,36+,37-,38-,40-,41+,42+,43+,44-,45-,47+/m0/s1. The Morgan fingerprint density at radius 3 is 1.98 bits per heavy atom. The van der Waals surface area contributed by atoms with Crippen LogP contribution in [-0.4, -0.2) is 167 Å². The van der Waals surface area contributed by atoms with Crippen LogP contribution in [0.25, 0.3) is 0 Å². The summed E-state index contributed by atoms with van der Waals surface area (Å²) < 4.78 is 23.3. The summed E-state index contributed by atoms with van der Waals surface area (Å²) in [6, 6.07) is -3.34. The van der Waals surface area contributed by atoms with Crippen molar-refractivity contribution in [3.8, 4) is 0 Å². The number of rotatable bonds is 27. The normalized spacial score (nSPS) is 30.9. The first-order valence-corrected chi connectivity index (χ1v) is 22.8. The summed E-state index contributed by atoms with van der Waals surface area (Å²) in [6.45, 7) is 10.5. The van der Waals surface area contributed by atoms with Gasteiger partial charge in [0.1, 0.15) is 12.2 Å². The molecule has 2 aliphatic heterocycles. The van der Waals surface area contributed by atoms with Crippen LogP contribution in [-0.2, 0) is 23.7 Å². The number of urea groups is 1. The molecule has 0 radical (unpaired) electrons. The second-order valence-corrected chi connectivity index (χ2v) is 17.9. The van der Waals surface area contributed by atoms with E-state index in [1.807, 2.05) is 57.2 Å². The number of primary amides is 1. The largest absolute Gasteiger partial charge is 0.462 e. The van der Waals surface area contributed by atoms with Crippen molar-refractivity contribution in [2.24, 2.45) is 23.3 Å². The van der Waals surface area contributed by atoms with Gasteiger partial charge in [-0.15, -0.1) is 0 Å². The molecule has 0 aliphatic carbocycles. The topological polar surface area (TPSA) is 337 Å². The molecule has 18 atom stereocenters. The summed E-state index contributed by atoms with van der Waals surface area (Å²) in [5.74, 6) is -3.35. The number of esters is 1. The molecule has 0 unspecified atom stereocenters. The summed E-state index contributed by atoms with van der Waals surface area (Å²) in [5, 5.41) is 110. The third kappa shape index (κ3) is 20.9. The predicted octanol–water partition coefficient (Wildman–Crippen LogP) is 0.518. The van der Waals surface area contributed by atoms with Gasteiger partial charge < -0.3 is 86.8 Å². The maximum atomic E-state index is 12.4. The number of amides is 2. The zero-order valence-corrected chi connectivity index (χ0v) is 39.1. The van der Waals surface area contributed by atoms with E-state index in [-0.39, 0.29) is 37.5 Å². The lowest BCUT2D eigenvalue weighted by Gasteiger charge is -2.46. The third-order valence-corrected chi connectivity index (χ3v) is 11.7. The maximum absolute atomic E-state index is 12.4. The van der Waals surface area contributed by atoms with E-state index in [0.717, 1.165) is 0 Å². The fraction of sp³-hybridized carbons (Fsp3) is 0.702. The van der Waals surface area contributed by atoms with Gasteiger partial charge in [0.05, 0.1) is 85.6 Å². The molecule has 0 aromatic heterocycles. The van der Waals surface area contributed by atoms with E-state index in [1.54, 1.807) is 57.2 Å². The summed E-state index contributed by atoms with van der Waals surface area (Å²) in [5.41, 5.74) is 11.5. The van der Waals surface area contributed by atoms with Crippen LogP contribution in [0.1, 0.15) is 92.9 Å². The molecular weight excluding hydrogens is 863 g/mol. The summed E-state index contributed by atoms with van der Waals surface area (Å²) in [7, 11) is 0. The first-order valence-electron chi connectivity index (χ1n) is 22.8. The number of hydrogen-bond acceptors (Lipinski definition) is 17. The van der Waals surface area contributed by atoms with E-state index >= 15 is 0 Å². The van der Waals surface area contributed by atoms with Crippen molar-refractivity contribution >= 4 is 12.0 Å². The molecule has 378 valence electrons. The second-order valence-electron chi connectivity index (χ2n) is 17.9. The van der Waals surface area contributed by atoms with Gasteiger partial charge in [-0.3, -0.25) is 4.79 Å². The zero-order chi connectivity index (χ0) is 49.7. The van der Waals surface area contributed by atoms with Gasteiger partial charge >= 0.3 is 12.0 Å². The Bertz CT molecular complexity index is 1610.